The van der Waals surface area contributed by atoms with E-state index in [1.807, 2.05) is 0 Å². The van der Waals surface area contributed by atoms with Crippen molar-refractivity contribution in [1.82, 2.24) is 4.72 Å². The minimum absolute atomic E-state index is 0.312. The molecule has 1 unspecified atom stereocenters. The van der Waals surface area contributed by atoms with Crippen LogP contribution in [0.15, 0.2) is 0 Å². The molecule has 5 heteroatoms. The first-order valence-electron chi connectivity index (χ1n) is 3.32. The quantitative estimate of drug-likeness (QED) is 0.620. The fourth-order valence-electron chi connectivity index (χ4n) is 0.652. The summed E-state index contributed by atoms with van der Waals surface area (Å²) in [5, 5.41) is 8.14. The second kappa shape index (κ2) is 4.76. The first-order chi connectivity index (χ1) is 5.52. The van der Waals surface area contributed by atoms with Crippen LogP contribution in [0.4, 0.5) is 0 Å². The predicted octanol–water partition coefficient (Wildman–Crippen LogP) is -0.159. The first kappa shape index (κ1) is 11.0. The molecule has 0 rings (SSSR count). The molecule has 0 aromatic carbocycles. The largest absolute Gasteiger partial charge is 0.225 e. The summed E-state index contributed by atoms with van der Waals surface area (Å²) in [5.41, 5.74) is 0. The van der Waals surface area contributed by atoms with Gasteiger partial charge in [0.1, 0.15) is 0 Å². The van der Waals surface area contributed by atoms with E-state index in [0.717, 1.165) is 0 Å². The van der Waals surface area contributed by atoms with Crippen LogP contribution in [0.3, 0.4) is 0 Å². The molecule has 0 aliphatic rings. The van der Waals surface area contributed by atoms with Crippen LogP contribution < -0.4 is 4.72 Å². The van der Waals surface area contributed by atoms with Crippen molar-refractivity contribution in [3.8, 4) is 18.4 Å². The minimum Gasteiger partial charge on any atom is -0.211 e. The van der Waals surface area contributed by atoms with Crippen molar-refractivity contribution in [1.29, 1.82) is 5.26 Å². The van der Waals surface area contributed by atoms with E-state index in [1.54, 1.807) is 13.0 Å². The third kappa shape index (κ3) is 4.73. The molecule has 0 bridgehead atoms. The fourth-order valence-corrected chi connectivity index (χ4v) is 1.60. The zero-order valence-electron chi connectivity index (χ0n) is 6.74. The van der Waals surface area contributed by atoms with E-state index < -0.39 is 15.8 Å². The molecule has 0 saturated carbocycles. The van der Waals surface area contributed by atoms with Crippen molar-refractivity contribution >= 4 is 10.0 Å². The van der Waals surface area contributed by atoms with Crippen LogP contribution in [0, 0.1) is 23.7 Å². The van der Waals surface area contributed by atoms with Gasteiger partial charge in [0.15, 0.2) is 5.75 Å². The van der Waals surface area contributed by atoms with Crippen LogP contribution >= 0.6 is 0 Å². The van der Waals surface area contributed by atoms with E-state index >= 15 is 0 Å². The van der Waals surface area contributed by atoms with E-state index in [4.69, 9.17) is 11.7 Å². The molecule has 0 heterocycles. The molecule has 0 aliphatic carbocycles. The van der Waals surface area contributed by atoms with Crippen molar-refractivity contribution in [2.75, 3.05) is 5.75 Å². The van der Waals surface area contributed by atoms with Gasteiger partial charge in [-0.25, -0.2) is 13.1 Å². The molecule has 0 aliphatic heterocycles. The number of sulfonamides is 1. The number of terminal acetylenes is 1. The van der Waals surface area contributed by atoms with E-state index in [-0.39, 0.29) is 6.04 Å². The molecule has 0 aromatic heterocycles. The van der Waals surface area contributed by atoms with Gasteiger partial charge in [-0.2, -0.15) is 5.26 Å². The predicted molar refractivity (Wildman–Crippen MR) is 45.4 cm³/mol. The molecule has 66 valence electrons. The van der Waals surface area contributed by atoms with Gasteiger partial charge in [-0.05, 0) is 6.92 Å². The minimum atomic E-state index is -3.46. The van der Waals surface area contributed by atoms with Crippen molar-refractivity contribution < 1.29 is 8.42 Å². The molecule has 1 atom stereocenters. The second-order valence-corrected chi connectivity index (χ2v) is 4.10. The van der Waals surface area contributed by atoms with Gasteiger partial charge < -0.3 is 0 Å². The van der Waals surface area contributed by atoms with Gasteiger partial charge in [0.2, 0.25) is 10.0 Å². The van der Waals surface area contributed by atoms with E-state index in [2.05, 4.69) is 10.6 Å². The molecule has 0 fully saturated rings. The van der Waals surface area contributed by atoms with Crippen molar-refractivity contribution in [3.05, 3.63) is 0 Å². The summed E-state index contributed by atoms with van der Waals surface area (Å²) in [5.74, 6) is 1.80. The van der Waals surface area contributed by atoms with Gasteiger partial charge in [-0.15, -0.1) is 12.3 Å². The lowest BCUT2D eigenvalue weighted by atomic mass is 10.3. The van der Waals surface area contributed by atoms with Gasteiger partial charge >= 0.3 is 0 Å². The smallest absolute Gasteiger partial charge is 0.211 e. The van der Waals surface area contributed by atoms with Crippen LogP contribution in [0.1, 0.15) is 13.3 Å². The normalized spacial score (nSPS) is 12.9. The van der Waals surface area contributed by atoms with Gasteiger partial charge in [0.05, 0.1) is 6.07 Å². The van der Waals surface area contributed by atoms with Crippen LogP contribution in [0.5, 0.6) is 0 Å². The monoisotopic (exact) mass is 186 g/mol. The lowest BCUT2D eigenvalue weighted by Gasteiger charge is -2.08. The molecular formula is C7H10N2O2S. The molecule has 0 radical (unpaired) electrons. The average Bonchev–Trinajstić information content (AvgIpc) is 1.85. The Labute approximate surface area is 72.6 Å². The summed E-state index contributed by atoms with van der Waals surface area (Å²) in [6.45, 7) is 1.65. The van der Waals surface area contributed by atoms with E-state index in [0.29, 0.717) is 6.42 Å². The van der Waals surface area contributed by atoms with Crippen LogP contribution in [-0.2, 0) is 10.0 Å². The van der Waals surface area contributed by atoms with Crippen molar-refractivity contribution in [3.63, 3.8) is 0 Å². The summed E-state index contributed by atoms with van der Waals surface area (Å²) < 4.78 is 24.1. The summed E-state index contributed by atoms with van der Waals surface area (Å²) in [4.78, 5) is 0. The molecular weight excluding hydrogens is 176 g/mol. The highest BCUT2D eigenvalue weighted by atomic mass is 32.2. The standard InChI is InChI=1S/C7H10N2O2S/c1-3-4-7(2)9-12(10,11)6-5-8/h1,7,9H,4,6H2,2H3. The summed E-state index contributed by atoms with van der Waals surface area (Å²) in [7, 11) is -3.46. The average molecular weight is 186 g/mol. The highest BCUT2D eigenvalue weighted by Gasteiger charge is 2.12. The van der Waals surface area contributed by atoms with E-state index in [1.165, 1.54) is 0 Å². The molecule has 0 spiro atoms. The Balaban J connectivity index is 4.11. The Hall–Kier alpha value is -1.04. The number of nitriles is 1. The Kier molecular flexibility index (Phi) is 4.35. The number of nitrogens with one attached hydrogen (secondary N) is 1. The number of nitrogens with zero attached hydrogens (tertiary/aromatic N) is 1. The topological polar surface area (TPSA) is 70.0 Å². The van der Waals surface area contributed by atoms with Crippen LogP contribution in [-0.4, -0.2) is 20.2 Å². The van der Waals surface area contributed by atoms with E-state index in [9.17, 15) is 8.42 Å². The van der Waals surface area contributed by atoms with Crippen molar-refractivity contribution in [2.45, 2.75) is 19.4 Å². The Bertz CT molecular complexity index is 307. The molecule has 0 aromatic rings. The van der Waals surface area contributed by atoms with Crippen molar-refractivity contribution in [2.24, 2.45) is 0 Å². The Morgan fingerprint density at radius 2 is 2.25 bits per heavy atom. The lowest BCUT2D eigenvalue weighted by molar-refractivity contribution is 0.567. The molecule has 0 amide bonds. The second-order valence-electron chi connectivity index (χ2n) is 2.34. The summed E-state index contributed by atoms with van der Waals surface area (Å²) >= 11 is 0. The number of hydrogen-bond acceptors (Lipinski definition) is 3. The zero-order chi connectivity index (χ0) is 9.61. The summed E-state index contributed by atoms with van der Waals surface area (Å²) in [6.07, 6.45) is 5.30. The van der Waals surface area contributed by atoms with Crippen LogP contribution in [0.2, 0.25) is 0 Å². The third-order valence-electron chi connectivity index (χ3n) is 1.06. The highest BCUT2D eigenvalue weighted by molar-refractivity contribution is 7.89. The maximum Gasteiger partial charge on any atom is 0.225 e. The SMILES string of the molecule is C#CCC(C)NS(=O)(=O)CC#N. The lowest BCUT2D eigenvalue weighted by Crippen LogP contribution is -2.33. The maximum absolute atomic E-state index is 10.9. The first-order valence-corrected chi connectivity index (χ1v) is 4.97. The molecule has 0 saturated heterocycles. The van der Waals surface area contributed by atoms with Crippen LogP contribution in [0.25, 0.3) is 0 Å². The molecule has 4 nitrogen and oxygen atoms in total. The zero-order valence-corrected chi connectivity index (χ0v) is 7.56. The summed E-state index contributed by atoms with van der Waals surface area (Å²) in [6, 6.07) is 1.24. The molecule has 12 heavy (non-hydrogen) atoms. The molecule has 1 N–H and O–H groups in total. The Morgan fingerprint density at radius 1 is 1.67 bits per heavy atom. The van der Waals surface area contributed by atoms with Gasteiger partial charge in [0.25, 0.3) is 0 Å². The fraction of sp³-hybridized carbons (Fsp3) is 0.571. The maximum atomic E-state index is 10.9. The number of rotatable bonds is 4. The van der Waals surface area contributed by atoms with Gasteiger partial charge in [0, 0.05) is 12.5 Å². The van der Waals surface area contributed by atoms with Gasteiger partial charge in [-0.3, -0.25) is 0 Å². The Morgan fingerprint density at radius 3 is 2.67 bits per heavy atom. The highest BCUT2D eigenvalue weighted by Crippen LogP contribution is 1.92. The number of hydrogen-bond donors (Lipinski definition) is 1. The van der Waals surface area contributed by atoms with Gasteiger partial charge in [-0.1, -0.05) is 0 Å². The third-order valence-corrected chi connectivity index (χ3v) is 2.33.